The summed E-state index contributed by atoms with van der Waals surface area (Å²) in [7, 11) is 0. The minimum absolute atomic E-state index is 0.834. The zero-order valence-electron chi connectivity index (χ0n) is 9.12. The summed E-state index contributed by atoms with van der Waals surface area (Å²) >= 11 is 0. The number of nitrogens with two attached hydrogens (primary N) is 1. The molecule has 76 valence electrons. The second-order valence-electron chi connectivity index (χ2n) is 3.89. The maximum absolute atomic E-state index is 5.94. The van der Waals surface area contributed by atoms with Gasteiger partial charge in [0.1, 0.15) is 0 Å². The molecule has 2 N–H and O–H groups in total. The molecule has 0 amide bonds. The van der Waals surface area contributed by atoms with Crippen molar-refractivity contribution >= 4 is 5.69 Å². The van der Waals surface area contributed by atoms with Gasteiger partial charge in [-0.25, -0.2) is 0 Å². The standard InChI is InChI=1S/C14H15N/c1-10-7-8-12(9-11(10)2)13-5-3-4-6-14(13)15/h3-9H,15H2,1-2H3. The molecule has 0 saturated heterocycles. The third kappa shape index (κ3) is 1.86. The fourth-order valence-corrected chi connectivity index (χ4v) is 1.67. The first-order valence-corrected chi connectivity index (χ1v) is 5.10. The van der Waals surface area contributed by atoms with E-state index in [9.17, 15) is 0 Å². The molecule has 0 aliphatic heterocycles. The summed E-state index contributed by atoms with van der Waals surface area (Å²) in [5, 5.41) is 0. The quantitative estimate of drug-likeness (QED) is 0.695. The molecule has 0 atom stereocenters. The lowest BCUT2D eigenvalue weighted by molar-refractivity contribution is 1.34. The van der Waals surface area contributed by atoms with Gasteiger partial charge in [0.2, 0.25) is 0 Å². The van der Waals surface area contributed by atoms with Gasteiger partial charge in [0, 0.05) is 11.3 Å². The Morgan fingerprint density at radius 2 is 1.60 bits per heavy atom. The van der Waals surface area contributed by atoms with Crippen LogP contribution in [-0.2, 0) is 0 Å². The van der Waals surface area contributed by atoms with Crippen LogP contribution in [0.2, 0.25) is 0 Å². The normalized spacial score (nSPS) is 10.3. The number of para-hydroxylation sites is 1. The van der Waals surface area contributed by atoms with Crippen LogP contribution >= 0.6 is 0 Å². The van der Waals surface area contributed by atoms with Gasteiger partial charge in [-0.2, -0.15) is 0 Å². The van der Waals surface area contributed by atoms with Crippen molar-refractivity contribution in [3.63, 3.8) is 0 Å². The Kier molecular flexibility index (Phi) is 2.46. The molecule has 0 radical (unpaired) electrons. The molecule has 0 fully saturated rings. The molecule has 2 aromatic rings. The Labute approximate surface area is 90.6 Å². The molecule has 15 heavy (non-hydrogen) atoms. The van der Waals surface area contributed by atoms with Gasteiger partial charge in [-0.05, 0) is 36.6 Å². The number of rotatable bonds is 1. The van der Waals surface area contributed by atoms with E-state index in [0.717, 1.165) is 11.3 Å². The second kappa shape index (κ2) is 3.77. The molecular formula is C14H15N. The number of nitrogen functional groups attached to an aromatic ring is 1. The zero-order valence-corrected chi connectivity index (χ0v) is 9.12. The van der Waals surface area contributed by atoms with Crippen LogP contribution in [0.15, 0.2) is 42.5 Å². The second-order valence-corrected chi connectivity index (χ2v) is 3.89. The van der Waals surface area contributed by atoms with Crippen molar-refractivity contribution in [3.8, 4) is 11.1 Å². The maximum atomic E-state index is 5.94. The minimum Gasteiger partial charge on any atom is -0.398 e. The van der Waals surface area contributed by atoms with E-state index >= 15 is 0 Å². The molecule has 2 aromatic carbocycles. The Morgan fingerprint density at radius 1 is 0.867 bits per heavy atom. The lowest BCUT2D eigenvalue weighted by atomic mass is 9.99. The number of hydrogen-bond acceptors (Lipinski definition) is 1. The topological polar surface area (TPSA) is 26.0 Å². The lowest BCUT2D eigenvalue weighted by Crippen LogP contribution is -1.90. The monoisotopic (exact) mass is 197 g/mol. The average molecular weight is 197 g/mol. The molecule has 0 spiro atoms. The highest BCUT2D eigenvalue weighted by Crippen LogP contribution is 2.26. The van der Waals surface area contributed by atoms with E-state index in [-0.39, 0.29) is 0 Å². The summed E-state index contributed by atoms with van der Waals surface area (Å²) < 4.78 is 0. The average Bonchev–Trinajstić information content (AvgIpc) is 2.23. The fraction of sp³-hybridized carbons (Fsp3) is 0.143. The van der Waals surface area contributed by atoms with E-state index in [0.29, 0.717) is 0 Å². The van der Waals surface area contributed by atoms with Crippen LogP contribution < -0.4 is 5.73 Å². The SMILES string of the molecule is Cc1ccc(-c2ccccc2N)cc1C. The van der Waals surface area contributed by atoms with Gasteiger partial charge in [-0.3, -0.25) is 0 Å². The highest BCUT2D eigenvalue weighted by Gasteiger charge is 2.02. The van der Waals surface area contributed by atoms with Gasteiger partial charge in [0.15, 0.2) is 0 Å². The Bertz CT molecular complexity index is 486. The Balaban J connectivity index is 2.55. The number of aryl methyl sites for hydroxylation is 2. The largest absolute Gasteiger partial charge is 0.398 e. The summed E-state index contributed by atoms with van der Waals surface area (Å²) in [6.07, 6.45) is 0. The zero-order chi connectivity index (χ0) is 10.8. The Hall–Kier alpha value is -1.76. The van der Waals surface area contributed by atoms with Crippen molar-refractivity contribution < 1.29 is 0 Å². The van der Waals surface area contributed by atoms with E-state index in [1.165, 1.54) is 16.7 Å². The smallest absolute Gasteiger partial charge is 0.0393 e. The van der Waals surface area contributed by atoms with E-state index < -0.39 is 0 Å². The van der Waals surface area contributed by atoms with Gasteiger partial charge in [-0.1, -0.05) is 36.4 Å². The summed E-state index contributed by atoms with van der Waals surface area (Å²) in [5.74, 6) is 0. The van der Waals surface area contributed by atoms with Crippen molar-refractivity contribution in [2.24, 2.45) is 0 Å². The van der Waals surface area contributed by atoms with Gasteiger partial charge < -0.3 is 5.73 Å². The van der Waals surface area contributed by atoms with Crippen molar-refractivity contribution in [1.82, 2.24) is 0 Å². The van der Waals surface area contributed by atoms with Crippen molar-refractivity contribution in [1.29, 1.82) is 0 Å². The number of benzene rings is 2. The molecule has 0 aliphatic carbocycles. The first-order valence-electron chi connectivity index (χ1n) is 5.10. The van der Waals surface area contributed by atoms with Gasteiger partial charge >= 0.3 is 0 Å². The molecule has 1 heteroatoms. The van der Waals surface area contributed by atoms with Crippen LogP contribution in [0.4, 0.5) is 5.69 Å². The highest BCUT2D eigenvalue weighted by molar-refractivity contribution is 5.76. The predicted octanol–water partition coefficient (Wildman–Crippen LogP) is 3.55. The van der Waals surface area contributed by atoms with E-state index in [1.54, 1.807) is 0 Å². The fourth-order valence-electron chi connectivity index (χ4n) is 1.67. The van der Waals surface area contributed by atoms with Crippen molar-refractivity contribution in [2.75, 3.05) is 5.73 Å². The molecule has 2 rings (SSSR count). The molecule has 0 bridgehead atoms. The minimum atomic E-state index is 0.834. The maximum Gasteiger partial charge on any atom is 0.0393 e. The molecular weight excluding hydrogens is 182 g/mol. The number of anilines is 1. The van der Waals surface area contributed by atoms with Crippen molar-refractivity contribution in [2.45, 2.75) is 13.8 Å². The summed E-state index contributed by atoms with van der Waals surface area (Å²) in [6, 6.07) is 14.4. The van der Waals surface area contributed by atoms with Gasteiger partial charge in [-0.15, -0.1) is 0 Å². The summed E-state index contributed by atoms with van der Waals surface area (Å²) in [4.78, 5) is 0. The van der Waals surface area contributed by atoms with Gasteiger partial charge in [0.25, 0.3) is 0 Å². The molecule has 0 unspecified atom stereocenters. The first kappa shape index (κ1) is 9.78. The van der Waals surface area contributed by atoms with Crippen LogP contribution in [0.3, 0.4) is 0 Å². The van der Waals surface area contributed by atoms with E-state index in [4.69, 9.17) is 5.73 Å². The Morgan fingerprint density at radius 3 is 2.27 bits per heavy atom. The summed E-state index contributed by atoms with van der Waals surface area (Å²) in [5.41, 5.74) is 11.7. The van der Waals surface area contributed by atoms with Crippen LogP contribution in [0.5, 0.6) is 0 Å². The van der Waals surface area contributed by atoms with Crippen molar-refractivity contribution in [3.05, 3.63) is 53.6 Å². The molecule has 0 aromatic heterocycles. The first-order chi connectivity index (χ1) is 7.18. The highest BCUT2D eigenvalue weighted by atomic mass is 14.6. The summed E-state index contributed by atoms with van der Waals surface area (Å²) in [6.45, 7) is 4.24. The van der Waals surface area contributed by atoms with Crippen LogP contribution in [0, 0.1) is 13.8 Å². The molecule has 0 saturated carbocycles. The molecule has 0 aliphatic rings. The van der Waals surface area contributed by atoms with Crippen LogP contribution in [-0.4, -0.2) is 0 Å². The number of hydrogen-bond donors (Lipinski definition) is 1. The van der Waals surface area contributed by atoms with E-state index in [2.05, 4.69) is 38.1 Å². The molecule has 1 nitrogen and oxygen atoms in total. The molecule has 0 heterocycles. The van der Waals surface area contributed by atoms with Gasteiger partial charge in [0.05, 0.1) is 0 Å². The van der Waals surface area contributed by atoms with Crippen LogP contribution in [0.1, 0.15) is 11.1 Å². The van der Waals surface area contributed by atoms with Crippen LogP contribution in [0.25, 0.3) is 11.1 Å². The lowest BCUT2D eigenvalue weighted by Gasteiger charge is -2.07. The van der Waals surface area contributed by atoms with E-state index in [1.807, 2.05) is 18.2 Å². The predicted molar refractivity (Wildman–Crippen MR) is 65.8 cm³/mol. The third-order valence-corrected chi connectivity index (χ3v) is 2.78. The third-order valence-electron chi connectivity index (χ3n) is 2.78.